The molecule has 1 amide bonds. The molecule has 8 heteroatoms. The number of rotatable bonds is 4. The Kier molecular flexibility index (Phi) is 6.46. The second kappa shape index (κ2) is 10.4. The van der Waals surface area contributed by atoms with Crippen LogP contribution in [0.25, 0.3) is 54.6 Å². The van der Waals surface area contributed by atoms with E-state index < -0.39 is 0 Å². The lowest BCUT2D eigenvalue weighted by Crippen LogP contribution is -2.31. The molecule has 0 aliphatic carbocycles. The predicted molar refractivity (Wildman–Crippen MR) is 169 cm³/mol. The van der Waals surface area contributed by atoms with Crippen LogP contribution in [0.1, 0.15) is 42.6 Å². The number of nitrogens with zero attached hydrogens (tertiary/aromatic N) is 4. The summed E-state index contributed by atoms with van der Waals surface area (Å²) in [5.41, 5.74) is 8.51. The lowest BCUT2D eigenvalue weighted by molar-refractivity contribution is 0.0946. The molecule has 0 fully saturated rings. The van der Waals surface area contributed by atoms with Gasteiger partial charge < -0.3 is 19.4 Å². The number of hydrogen-bond donors (Lipinski definition) is 2. The monoisotopic (exact) mass is 556 g/mol. The summed E-state index contributed by atoms with van der Waals surface area (Å²) in [7, 11) is 0. The fourth-order valence-electron chi connectivity index (χ4n) is 6.53. The average Bonchev–Trinajstić information content (AvgIpc) is 3.52. The molecule has 2 N–H and O–H groups in total. The number of carbonyl (C=O) groups excluding carboxylic acids is 1. The first-order valence-electron chi connectivity index (χ1n) is 14.7. The molecule has 7 aromatic rings. The minimum atomic E-state index is -0.0540. The highest BCUT2D eigenvalue weighted by Crippen LogP contribution is 2.34. The average molecular weight is 557 g/mol. The lowest BCUT2D eigenvalue weighted by atomic mass is 9.96. The van der Waals surface area contributed by atoms with E-state index in [0.29, 0.717) is 11.9 Å². The van der Waals surface area contributed by atoms with Gasteiger partial charge in [0.2, 0.25) is 0 Å². The number of carbonyl (C=O) groups is 1. The lowest BCUT2D eigenvalue weighted by Gasteiger charge is -2.17. The van der Waals surface area contributed by atoms with Gasteiger partial charge in [-0.3, -0.25) is 19.6 Å². The molecule has 42 heavy (non-hydrogen) atoms. The van der Waals surface area contributed by atoms with Crippen molar-refractivity contribution in [2.45, 2.75) is 46.2 Å². The van der Waals surface area contributed by atoms with Gasteiger partial charge in [0.25, 0.3) is 11.5 Å². The summed E-state index contributed by atoms with van der Waals surface area (Å²) in [4.78, 5) is 36.0. The van der Waals surface area contributed by atoms with Crippen LogP contribution in [0, 0.1) is 0 Å². The van der Waals surface area contributed by atoms with Gasteiger partial charge in [-0.25, -0.2) is 0 Å². The molecule has 8 rings (SSSR count). The van der Waals surface area contributed by atoms with Crippen LogP contribution in [-0.2, 0) is 19.5 Å². The topological polar surface area (TPSA) is 97.6 Å². The van der Waals surface area contributed by atoms with Crippen molar-refractivity contribution in [1.82, 2.24) is 29.4 Å². The third-order valence-corrected chi connectivity index (χ3v) is 8.23. The second-order valence-electron chi connectivity index (χ2n) is 10.8. The van der Waals surface area contributed by atoms with Crippen molar-refractivity contribution < 1.29 is 4.79 Å². The predicted octanol–water partition coefficient (Wildman–Crippen LogP) is 6.33. The molecule has 0 unspecified atom stereocenters. The maximum absolute atomic E-state index is 12.1. The highest BCUT2D eigenvalue weighted by atomic mass is 16.1. The molecule has 210 valence electrons. The third-order valence-electron chi connectivity index (χ3n) is 8.23. The highest BCUT2D eigenvalue weighted by molar-refractivity contribution is 6.19. The van der Waals surface area contributed by atoms with E-state index in [1.54, 1.807) is 6.20 Å². The van der Waals surface area contributed by atoms with Crippen LogP contribution in [-0.4, -0.2) is 36.5 Å². The number of fused-ring (bicyclic) bond motifs is 10. The molecule has 1 aliphatic rings. The van der Waals surface area contributed by atoms with Crippen LogP contribution < -0.4 is 10.9 Å². The van der Waals surface area contributed by atoms with Crippen LogP contribution in [0.5, 0.6) is 0 Å². The zero-order valence-electron chi connectivity index (χ0n) is 23.8. The highest BCUT2D eigenvalue weighted by Gasteiger charge is 2.23. The number of aromatic nitrogens is 5. The standard InChI is InChI=1S/C17H17N3O.C17H15N3O/c2*1-2-10-20-13-6-5-12-11(7-9-19-17(12)21)15(13)16-14(20)4-3-8-18-16/h3-6,8H,2,7,9-10H2,1H3,(H,19,21);3-9H,2,10H2,1H3,(H,19,21). The molecule has 5 aromatic heterocycles. The number of aromatic amines is 1. The number of nitrogens with one attached hydrogen (secondary N) is 2. The molecule has 0 saturated heterocycles. The number of H-pyrrole nitrogens is 1. The Bertz CT molecular complexity index is 2200. The van der Waals surface area contributed by atoms with Crippen LogP contribution in [0.15, 0.2) is 78.0 Å². The molecule has 6 heterocycles. The van der Waals surface area contributed by atoms with Gasteiger partial charge in [-0.1, -0.05) is 13.8 Å². The first-order valence-corrected chi connectivity index (χ1v) is 14.7. The maximum atomic E-state index is 12.1. The summed E-state index contributed by atoms with van der Waals surface area (Å²) >= 11 is 0. The van der Waals surface area contributed by atoms with Crippen molar-refractivity contribution >= 4 is 60.6 Å². The number of pyridine rings is 3. The van der Waals surface area contributed by atoms with Gasteiger partial charge in [-0.2, -0.15) is 0 Å². The van der Waals surface area contributed by atoms with Crippen molar-refractivity contribution in [3.63, 3.8) is 0 Å². The van der Waals surface area contributed by atoms with Crippen LogP contribution in [0.4, 0.5) is 0 Å². The van der Waals surface area contributed by atoms with E-state index in [4.69, 9.17) is 0 Å². The van der Waals surface area contributed by atoms with Crippen molar-refractivity contribution in [3.05, 3.63) is 94.7 Å². The van der Waals surface area contributed by atoms with Gasteiger partial charge >= 0.3 is 0 Å². The smallest absolute Gasteiger partial charge is 0.255 e. The Morgan fingerprint density at radius 2 is 1.38 bits per heavy atom. The van der Waals surface area contributed by atoms with Gasteiger partial charge in [0, 0.05) is 65.3 Å². The molecule has 1 aliphatic heterocycles. The molecule has 0 saturated carbocycles. The summed E-state index contributed by atoms with van der Waals surface area (Å²) in [6.45, 7) is 6.97. The number of hydrogen-bond acceptors (Lipinski definition) is 4. The Morgan fingerprint density at radius 3 is 2.07 bits per heavy atom. The van der Waals surface area contributed by atoms with E-state index in [1.165, 1.54) is 5.52 Å². The fraction of sp³-hybridized carbons (Fsp3) is 0.235. The fourth-order valence-corrected chi connectivity index (χ4v) is 6.53. The van der Waals surface area contributed by atoms with E-state index >= 15 is 0 Å². The molecule has 2 aromatic carbocycles. The Morgan fingerprint density at radius 1 is 0.738 bits per heavy atom. The van der Waals surface area contributed by atoms with Crippen LogP contribution >= 0.6 is 0 Å². The van der Waals surface area contributed by atoms with E-state index in [9.17, 15) is 9.59 Å². The van der Waals surface area contributed by atoms with Crippen molar-refractivity contribution in [3.8, 4) is 0 Å². The molecular weight excluding hydrogens is 524 g/mol. The summed E-state index contributed by atoms with van der Waals surface area (Å²) in [5, 5.41) is 6.83. The number of amides is 1. The van der Waals surface area contributed by atoms with Crippen molar-refractivity contribution in [2.75, 3.05) is 6.54 Å². The summed E-state index contributed by atoms with van der Waals surface area (Å²) in [6.07, 6.45) is 8.35. The van der Waals surface area contributed by atoms with E-state index in [-0.39, 0.29) is 11.5 Å². The number of aryl methyl sites for hydroxylation is 2. The molecule has 0 atom stereocenters. The van der Waals surface area contributed by atoms with Gasteiger partial charge in [0.15, 0.2) is 0 Å². The van der Waals surface area contributed by atoms with E-state index in [1.807, 2.05) is 48.8 Å². The zero-order chi connectivity index (χ0) is 28.8. The SMILES string of the molecule is CCCn1c2cccnc2c2c3c(ccc21)C(=O)NCC3.CCCn1c2cccnc2c2c3cc[nH]c(=O)c3ccc21. The largest absolute Gasteiger partial charge is 0.352 e. The molecular formula is C34H32N6O2. The Labute approximate surface area is 242 Å². The Hall–Kier alpha value is -4.98. The van der Waals surface area contributed by atoms with Gasteiger partial charge in [0.05, 0.1) is 33.1 Å². The summed E-state index contributed by atoms with van der Waals surface area (Å²) < 4.78 is 4.61. The summed E-state index contributed by atoms with van der Waals surface area (Å²) in [6, 6.07) is 18.1. The maximum Gasteiger partial charge on any atom is 0.255 e. The molecule has 0 bridgehead atoms. The van der Waals surface area contributed by atoms with Crippen LogP contribution in [0.2, 0.25) is 0 Å². The summed E-state index contributed by atoms with van der Waals surface area (Å²) in [5.74, 6) is 0.0328. The molecule has 0 spiro atoms. The van der Waals surface area contributed by atoms with Crippen molar-refractivity contribution in [2.24, 2.45) is 0 Å². The quantitative estimate of drug-likeness (QED) is 0.265. The first kappa shape index (κ1) is 26.0. The molecule has 0 radical (unpaired) electrons. The van der Waals surface area contributed by atoms with Crippen LogP contribution in [0.3, 0.4) is 0 Å². The first-order chi connectivity index (χ1) is 20.6. The second-order valence-corrected chi connectivity index (χ2v) is 10.8. The van der Waals surface area contributed by atoms with Gasteiger partial charge in [0.1, 0.15) is 0 Å². The zero-order valence-corrected chi connectivity index (χ0v) is 23.8. The Balaban J connectivity index is 0.000000137. The number of benzene rings is 2. The van der Waals surface area contributed by atoms with Gasteiger partial charge in [-0.15, -0.1) is 0 Å². The van der Waals surface area contributed by atoms with E-state index in [2.05, 4.69) is 61.4 Å². The van der Waals surface area contributed by atoms with E-state index in [0.717, 1.165) is 87.2 Å². The normalized spacial score (nSPS) is 13.0. The minimum Gasteiger partial charge on any atom is -0.352 e. The minimum absolute atomic E-state index is 0.0328. The molecule has 8 nitrogen and oxygen atoms in total. The van der Waals surface area contributed by atoms with Gasteiger partial charge in [-0.05, 0) is 79.4 Å². The third kappa shape index (κ3) is 3.97. The van der Waals surface area contributed by atoms with Crippen molar-refractivity contribution in [1.29, 1.82) is 0 Å².